The van der Waals surface area contributed by atoms with Crippen molar-refractivity contribution < 1.29 is 22.4 Å². The fourth-order valence-electron chi connectivity index (χ4n) is 2.82. The summed E-state index contributed by atoms with van der Waals surface area (Å²) in [5, 5.41) is 2.90. The third-order valence-corrected chi connectivity index (χ3v) is 6.02. The molecule has 0 saturated heterocycles. The molecule has 0 aromatic heterocycles. The van der Waals surface area contributed by atoms with Crippen LogP contribution in [0.1, 0.15) is 12.5 Å². The van der Waals surface area contributed by atoms with Crippen LogP contribution in [0.2, 0.25) is 5.02 Å². The molecule has 1 N–H and O–H groups in total. The van der Waals surface area contributed by atoms with Crippen molar-refractivity contribution in [3.8, 4) is 0 Å². The summed E-state index contributed by atoms with van der Waals surface area (Å²) in [6.45, 7) is 0.987. The first-order valence-electron chi connectivity index (χ1n) is 9.02. The summed E-state index contributed by atoms with van der Waals surface area (Å²) in [5.74, 6) is -1.56. The molecule has 0 aliphatic rings. The molecule has 2 rings (SSSR count). The van der Waals surface area contributed by atoms with Gasteiger partial charge in [0.15, 0.2) is 0 Å². The van der Waals surface area contributed by atoms with E-state index in [0.29, 0.717) is 10.6 Å². The van der Waals surface area contributed by atoms with Crippen LogP contribution in [-0.4, -0.2) is 51.0 Å². The molecule has 1 unspecified atom stereocenters. The Morgan fingerprint density at radius 3 is 2.27 bits per heavy atom. The number of hydrogen-bond donors (Lipinski definition) is 1. The molecule has 0 spiro atoms. The van der Waals surface area contributed by atoms with Gasteiger partial charge in [-0.05, 0) is 42.8 Å². The van der Waals surface area contributed by atoms with E-state index in [1.807, 2.05) is 0 Å². The third-order valence-electron chi connectivity index (χ3n) is 4.51. The number of hydrogen-bond acceptors (Lipinski definition) is 4. The highest BCUT2D eigenvalue weighted by atomic mass is 35.5. The van der Waals surface area contributed by atoms with Gasteiger partial charge in [0, 0.05) is 18.6 Å². The molecule has 0 saturated carbocycles. The molecule has 0 heterocycles. The van der Waals surface area contributed by atoms with E-state index >= 15 is 0 Å². The van der Waals surface area contributed by atoms with Crippen molar-refractivity contribution in [1.82, 2.24) is 10.2 Å². The van der Waals surface area contributed by atoms with Crippen LogP contribution < -0.4 is 9.62 Å². The average Bonchev–Trinajstić information content (AvgIpc) is 2.70. The van der Waals surface area contributed by atoms with E-state index in [1.165, 1.54) is 31.0 Å². The Hall–Kier alpha value is -2.65. The summed E-state index contributed by atoms with van der Waals surface area (Å²) in [7, 11) is -2.41. The SMILES string of the molecule is CNC(=O)C(C)N(Cc1ccccc1Cl)C(=O)CN(c1ccc(F)cc1)S(C)(=O)=O. The topological polar surface area (TPSA) is 86.8 Å². The minimum Gasteiger partial charge on any atom is -0.357 e. The number of likely N-dealkylation sites (N-methyl/N-ethyl adjacent to an activating group) is 1. The van der Waals surface area contributed by atoms with Gasteiger partial charge < -0.3 is 10.2 Å². The molecule has 2 aromatic rings. The molecule has 2 aromatic carbocycles. The van der Waals surface area contributed by atoms with Crippen LogP contribution in [-0.2, 0) is 26.2 Å². The zero-order chi connectivity index (χ0) is 22.5. The largest absolute Gasteiger partial charge is 0.357 e. The van der Waals surface area contributed by atoms with Crippen molar-refractivity contribution in [3.63, 3.8) is 0 Å². The van der Waals surface area contributed by atoms with Gasteiger partial charge in [0.25, 0.3) is 0 Å². The van der Waals surface area contributed by atoms with Gasteiger partial charge in [0.05, 0.1) is 11.9 Å². The number of amides is 2. The Kier molecular flexibility index (Phi) is 7.80. The second-order valence-electron chi connectivity index (χ2n) is 6.65. The number of nitrogens with zero attached hydrogens (tertiary/aromatic N) is 2. The number of benzene rings is 2. The van der Waals surface area contributed by atoms with E-state index in [-0.39, 0.29) is 12.2 Å². The predicted octanol–water partition coefficient (Wildman–Crippen LogP) is 2.41. The predicted molar refractivity (Wildman–Crippen MR) is 114 cm³/mol. The minimum absolute atomic E-state index is 0.00805. The maximum Gasteiger partial charge on any atom is 0.244 e. The van der Waals surface area contributed by atoms with Gasteiger partial charge in [0.2, 0.25) is 21.8 Å². The van der Waals surface area contributed by atoms with Crippen LogP contribution in [0.5, 0.6) is 0 Å². The highest BCUT2D eigenvalue weighted by molar-refractivity contribution is 7.92. The molecule has 30 heavy (non-hydrogen) atoms. The zero-order valence-corrected chi connectivity index (χ0v) is 18.4. The van der Waals surface area contributed by atoms with E-state index in [9.17, 15) is 22.4 Å². The van der Waals surface area contributed by atoms with Crippen LogP contribution >= 0.6 is 11.6 Å². The molecule has 0 aliphatic heterocycles. The monoisotopic (exact) mass is 455 g/mol. The first-order valence-corrected chi connectivity index (χ1v) is 11.2. The fraction of sp³-hybridized carbons (Fsp3) is 0.300. The van der Waals surface area contributed by atoms with Gasteiger partial charge in [-0.15, -0.1) is 0 Å². The molecule has 1 atom stereocenters. The second kappa shape index (κ2) is 9.90. The Balaban J connectivity index is 2.38. The number of rotatable bonds is 8. The van der Waals surface area contributed by atoms with Crippen LogP contribution in [0, 0.1) is 5.82 Å². The lowest BCUT2D eigenvalue weighted by molar-refractivity contribution is -0.139. The number of anilines is 1. The Labute approximate surface area is 180 Å². The van der Waals surface area contributed by atoms with Crippen molar-refractivity contribution in [2.75, 3.05) is 24.2 Å². The van der Waals surface area contributed by atoms with E-state index < -0.39 is 40.2 Å². The molecular formula is C20H23ClFN3O4S. The summed E-state index contributed by atoms with van der Waals surface area (Å²) < 4.78 is 38.7. The lowest BCUT2D eigenvalue weighted by Gasteiger charge is -2.31. The van der Waals surface area contributed by atoms with Crippen molar-refractivity contribution in [3.05, 3.63) is 64.9 Å². The Bertz CT molecular complexity index is 1010. The van der Waals surface area contributed by atoms with Gasteiger partial charge in [-0.1, -0.05) is 29.8 Å². The minimum atomic E-state index is -3.86. The van der Waals surface area contributed by atoms with Gasteiger partial charge in [0.1, 0.15) is 18.4 Å². The average molecular weight is 456 g/mol. The summed E-state index contributed by atoms with van der Waals surface area (Å²) in [4.78, 5) is 26.6. The highest BCUT2D eigenvalue weighted by Crippen LogP contribution is 2.21. The van der Waals surface area contributed by atoms with Crippen LogP contribution in [0.15, 0.2) is 48.5 Å². The number of carbonyl (C=O) groups excluding carboxylic acids is 2. The van der Waals surface area contributed by atoms with Crippen molar-refractivity contribution in [1.29, 1.82) is 0 Å². The van der Waals surface area contributed by atoms with Crippen molar-refractivity contribution in [2.45, 2.75) is 19.5 Å². The maximum absolute atomic E-state index is 13.3. The fourth-order valence-corrected chi connectivity index (χ4v) is 3.87. The lowest BCUT2D eigenvalue weighted by atomic mass is 10.1. The smallest absolute Gasteiger partial charge is 0.244 e. The van der Waals surface area contributed by atoms with Crippen molar-refractivity contribution in [2.24, 2.45) is 0 Å². The summed E-state index contributed by atoms with van der Waals surface area (Å²) in [5.41, 5.74) is 0.744. The molecule has 2 amide bonds. The Morgan fingerprint density at radius 1 is 1.13 bits per heavy atom. The third kappa shape index (κ3) is 5.93. The number of carbonyl (C=O) groups is 2. The molecule has 0 bridgehead atoms. The van der Waals surface area contributed by atoms with Gasteiger partial charge in [-0.3, -0.25) is 13.9 Å². The first kappa shape index (κ1) is 23.6. The summed E-state index contributed by atoms with van der Waals surface area (Å²) in [6, 6.07) is 10.7. The normalized spacial score (nSPS) is 12.2. The summed E-state index contributed by atoms with van der Waals surface area (Å²) in [6.07, 6.45) is 0.949. The molecule has 7 nitrogen and oxygen atoms in total. The lowest BCUT2D eigenvalue weighted by Crippen LogP contribution is -2.50. The van der Waals surface area contributed by atoms with E-state index in [4.69, 9.17) is 11.6 Å². The molecule has 0 radical (unpaired) electrons. The quantitative estimate of drug-likeness (QED) is 0.662. The Morgan fingerprint density at radius 2 is 1.73 bits per heavy atom. The van der Waals surface area contributed by atoms with E-state index in [1.54, 1.807) is 24.3 Å². The molecular weight excluding hydrogens is 433 g/mol. The number of sulfonamides is 1. The van der Waals surface area contributed by atoms with Gasteiger partial charge in [-0.25, -0.2) is 12.8 Å². The summed E-state index contributed by atoms with van der Waals surface area (Å²) >= 11 is 6.20. The zero-order valence-electron chi connectivity index (χ0n) is 16.8. The van der Waals surface area contributed by atoms with Crippen LogP contribution in [0.3, 0.4) is 0 Å². The second-order valence-corrected chi connectivity index (χ2v) is 8.96. The molecule has 0 aliphatic carbocycles. The number of nitrogens with one attached hydrogen (secondary N) is 1. The van der Waals surface area contributed by atoms with Gasteiger partial charge >= 0.3 is 0 Å². The standard InChI is InChI=1S/C20H23ClFN3O4S/c1-14(20(27)23-2)24(12-15-6-4-5-7-18(15)21)19(26)13-25(30(3,28)29)17-10-8-16(22)9-11-17/h4-11,14H,12-13H2,1-3H3,(H,23,27). The molecule has 0 fully saturated rings. The van der Waals surface area contributed by atoms with E-state index in [2.05, 4.69) is 5.32 Å². The van der Waals surface area contributed by atoms with Crippen LogP contribution in [0.25, 0.3) is 0 Å². The van der Waals surface area contributed by atoms with Crippen LogP contribution in [0.4, 0.5) is 10.1 Å². The van der Waals surface area contributed by atoms with Crippen molar-refractivity contribution >= 4 is 39.1 Å². The molecule has 162 valence electrons. The number of halogens is 2. The van der Waals surface area contributed by atoms with E-state index in [0.717, 1.165) is 22.7 Å². The first-order chi connectivity index (χ1) is 14.0. The maximum atomic E-state index is 13.3. The molecule has 10 heteroatoms. The van der Waals surface area contributed by atoms with Gasteiger partial charge in [-0.2, -0.15) is 0 Å². The highest BCUT2D eigenvalue weighted by Gasteiger charge is 2.30.